The summed E-state index contributed by atoms with van der Waals surface area (Å²) in [6.45, 7) is 6.79. The minimum atomic E-state index is -0.233. The highest BCUT2D eigenvalue weighted by atomic mass is 35.5. The Balaban J connectivity index is 2.43. The summed E-state index contributed by atoms with van der Waals surface area (Å²) in [5.74, 6) is 0.0417. The van der Waals surface area contributed by atoms with Crippen LogP contribution < -0.4 is 10.6 Å². The topological polar surface area (TPSA) is 41.1 Å². The average Bonchev–Trinajstić information content (AvgIpc) is 2.43. The Bertz CT molecular complexity index is 423. The highest BCUT2D eigenvalue weighted by Crippen LogP contribution is 2.22. The first-order valence-electron chi connectivity index (χ1n) is 7.34. The molecule has 0 radical (unpaired) electrons. The first-order chi connectivity index (χ1) is 9.56. The molecular weight excluding hydrogens is 272 g/mol. The highest BCUT2D eigenvalue weighted by molar-refractivity contribution is 6.31. The Hall–Kier alpha value is -1.06. The molecule has 0 spiro atoms. The molecule has 0 saturated heterocycles. The highest BCUT2D eigenvalue weighted by Gasteiger charge is 2.16. The van der Waals surface area contributed by atoms with Gasteiger partial charge >= 0.3 is 0 Å². The van der Waals surface area contributed by atoms with E-state index in [4.69, 9.17) is 11.6 Å². The Morgan fingerprint density at radius 1 is 1.25 bits per heavy atom. The molecule has 0 aliphatic rings. The van der Waals surface area contributed by atoms with Gasteiger partial charge in [-0.3, -0.25) is 10.1 Å². The lowest BCUT2D eigenvalue weighted by Gasteiger charge is -2.20. The Kier molecular flexibility index (Phi) is 7.63. The fourth-order valence-corrected chi connectivity index (χ4v) is 2.41. The van der Waals surface area contributed by atoms with E-state index in [-0.39, 0.29) is 18.0 Å². The Morgan fingerprint density at radius 2 is 1.95 bits per heavy atom. The van der Waals surface area contributed by atoms with Crippen LogP contribution >= 0.6 is 11.6 Å². The second-order valence-corrected chi connectivity index (χ2v) is 5.54. The molecule has 1 rings (SSSR count). The van der Waals surface area contributed by atoms with Crippen LogP contribution in [0.4, 0.5) is 0 Å². The minimum Gasteiger partial charge on any atom is -0.355 e. The molecule has 0 saturated carbocycles. The number of carbonyl (C=O) groups is 1. The first kappa shape index (κ1) is 17.0. The van der Waals surface area contributed by atoms with Crippen molar-refractivity contribution >= 4 is 17.5 Å². The number of hydrogen-bond donors (Lipinski definition) is 2. The number of carbonyl (C=O) groups excluding carboxylic acids is 1. The molecule has 0 bridgehead atoms. The third kappa shape index (κ3) is 5.51. The summed E-state index contributed by atoms with van der Waals surface area (Å²) in [6, 6.07) is 7.51. The number of hydrogen-bond acceptors (Lipinski definition) is 2. The largest absolute Gasteiger partial charge is 0.355 e. The van der Waals surface area contributed by atoms with E-state index in [1.165, 1.54) is 0 Å². The molecule has 2 N–H and O–H groups in total. The number of benzene rings is 1. The normalized spacial score (nSPS) is 13.8. The van der Waals surface area contributed by atoms with Crippen LogP contribution in [0, 0.1) is 0 Å². The van der Waals surface area contributed by atoms with E-state index in [0.717, 1.165) is 36.4 Å². The van der Waals surface area contributed by atoms with E-state index in [9.17, 15) is 4.79 Å². The molecule has 1 amide bonds. The van der Waals surface area contributed by atoms with Gasteiger partial charge in [0.15, 0.2) is 0 Å². The van der Waals surface area contributed by atoms with Crippen LogP contribution in [0.5, 0.6) is 0 Å². The summed E-state index contributed by atoms with van der Waals surface area (Å²) in [5.41, 5.74) is 1.01. The van der Waals surface area contributed by atoms with Crippen molar-refractivity contribution in [3.05, 3.63) is 34.9 Å². The molecule has 4 heteroatoms. The lowest BCUT2D eigenvalue weighted by molar-refractivity contribution is -0.122. The molecule has 0 heterocycles. The first-order valence-corrected chi connectivity index (χ1v) is 7.72. The smallest absolute Gasteiger partial charge is 0.236 e. The molecule has 1 aromatic rings. The van der Waals surface area contributed by atoms with Crippen LogP contribution in [0.15, 0.2) is 24.3 Å². The van der Waals surface area contributed by atoms with Gasteiger partial charge in [-0.1, -0.05) is 49.6 Å². The van der Waals surface area contributed by atoms with Crippen molar-refractivity contribution in [2.24, 2.45) is 0 Å². The van der Waals surface area contributed by atoms with Crippen molar-refractivity contribution in [1.82, 2.24) is 10.6 Å². The second-order valence-electron chi connectivity index (χ2n) is 5.13. The molecule has 0 fully saturated rings. The minimum absolute atomic E-state index is 0.0417. The molecule has 0 aromatic heterocycles. The van der Waals surface area contributed by atoms with Gasteiger partial charge in [-0.15, -0.1) is 0 Å². The van der Waals surface area contributed by atoms with Gasteiger partial charge < -0.3 is 5.32 Å². The van der Waals surface area contributed by atoms with E-state index in [1.807, 2.05) is 38.1 Å². The van der Waals surface area contributed by atoms with E-state index in [1.54, 1.807) is 0 Å². The van der Waals surface area contributed by atoms with Gasteiger partial charge in [-0.2, -0.15) is 0 Å². The number of unbranched alkanes of at least 4 members (excludes halogenated alkanes) is 2. The second kappa shape index (κ2) is 8.98. The van der Waals surface area contributed by atoms with Gasteiger partial charge in [0.2, 0.25) is 5.91 Å². The standard InChI is InChI=1S/C16H25ClN2O/c1-4-5-8-11-18-16(20)13(3)19-12(2)14-9-6-7-10-15(14)17/h6-7,9-10,12-13,19H,4-5,8,11H2,1-3H3,(H,18,20)/t12-,13?/m0/s1. The third-order valence-electron chi connectivity index (χ3n) is 3.34. The fraction of sp³-hybridized carbons (Fsp3) is 0.562. The molecule has 0 aliphatic carbocycles. The summed E-state index contributed by atoms with van der Waals surface area (Å²) in [7, 11) is 0. The zero-order valence-corrected chi connectivity index (χ0v) is 13.3. The van der Waals surface area contributed by atoms with Crippen molar-refractivity contribution in [2.45, 2.75) is 52.1 Å². The van der Waals surface area contributed by atoms with Crippen molar-refractivity contribution < 1.29 is 4.79 Å². The predicted octanol–water partition coefficient (Wildman–Crippen LogP) is 3.69. The average molecular weight is 297 g/mol. The summed E-state index contributed by atoms with van der Waals surface area (Å²) in [5, 5.41) is 6.96. The molecule has 1 unspecified atom stereocenters. The quantitative estimate of drug-likeness (QED) is 0.718. The molecule has 1 aromatic carbocycles. The van der Waals surface area contributed by atoms with Crippen LogP contribution in [-0.2, 0) is 4.79 Å². The molecule has 3 nitrogen and oxygen atoms in total. The van der Waals surface area contributed by atoms with Gasteiger partial charge in [0.1, 0.15) is 0 Å². The predicted molar refractivity (Wildman–Crippen MR) is 85.0 cm³/mol. The zero-order valence-electron chi connectivity index (χ0n) is 12.6. The summed E-state index contributed by atoms with van der Waals surface area (Å²) in [6.07, 6.45) is 3.35. The van der Waals surface area contributed by atoms with Gasteiger partial charge in [0.25, 0.3) is 0 Å². The van der Waals surface area contributed by atoms with Crippen molar-refractivity contribution in [3.63, 3.8) is 0 Å². The van der Waals surface area contributed by atoms with Crippen LogP contribution in [0.25, 0.3) is 0 Å². The lowest BCUT2D eigenvalue weighted by Crippen LogP contribution is -2.43. The Morgan fingerprint density at radius 3 is 2.60 bits per heavy atom. The van der Waals surface area contributed by atoms with Gasteiger partial charge in [0.05, 0.1) is 6.04 Å². The van der Waals surface area contributed by atoms with E-state index in [2.05, 4.69) is 17.6 Å². The maximum Gasteiger partial charge on any atom is 0.236 e. The van der Waals surface area contributed by atoms with Crippen LogP contribution in [0.3, 0.4) is 0 Å². The summed E-state index contributed by atoms with van der Waals surface area (Å²) < 4.78 is 0. The molecule has 20 heavy (non-hydrogen) atoms. The number of nitrogens with one attached hydrogen (secondary N) is 2. The fourth-order valence-electron chi connectivity index (χ4n) is 2.11. The van der Waals surface area contributed by atoms with E-state index < -0.39 is 0 Å². The number of amides is 1. The summed E-state index contributed by atoms with van der Waals surface area (Å²) in [4.78, 5) is 12.0. The van der Waals surface area contributed by atoms with Crippen molar-refractivity contribution in [3.8, 4) is 0 Å². The number of rotatable bonds is 8. The Labute approximate surface area is 127 Å². The molecule has 112 valence electrons. The maximum absolute atomic E-state index is 12.0. The van der Waals surface area contributed by atoms with Gasteiger partial charge in [0, 0.05) is 17.6 Å². The number of halogens is 1. The SMILES string of the molecule is CCCCCNC(=O)C(C)N[C@@H](C)c1ccccc1Cl. The zero-order chi connectivity index (χ0) is 15.0. The molecular formula is C16H25ClN2O. The van der Waals surface area contributed by atoms with Gasteiger partial charge in [-0.25, -0.2) is 0 Å². The van der Waals surface area contributed by atoms with Gasteiger partial charge in [-0.05, 0) is 31.9 Å². The van der Waals surface area contributed by atoms with E-state index >= 15 is 0 Å². The molecule has 0 aliphatic heterocycles. The van der Waals surface area contributed by atoms with E-state index in [0.29, 0.717) is 0 Å². The van der Waals surface area contributed by atoms with Crippen molar-refractivity contribution in [2.75, 3.05) is 6.54 Å². The van der Waals surface area contributed by atoms with Crippen LogP contribution in [-0.4, -0.2) is 18.5 Å². The lowest BCUT2D eigenvalue weighted by atomic mass is 10.1. The third-order valence-corrected chi connectivity index (χ3v) is 3.69. The monoisotopic (exact) mass is 296 g/mol. The summed E-state index contributed by atoms with van der Waals surface area (Å²) >= 11 is 6.16. The van der Waals surface area contributed by atoms with Crippen LogP contribution in [0.2, 0.25) is 5.02 Å². The van der Waals surface area contributed by atoms with Crippen molar-refractivity contribution in [1.29, 1.82) is 0 Å². The molecule has 2 atom stereocenters. The van der Waals surface area contributed by atoms with Crippen LogP contribution in [0.1, 0.15) is 51.6 Å². The maximum atomic E-state index is 12.0.